The maximum absolute atomic E-state index is 11.3. The van der Waals surface area contributed by atoms with Crippen molar-refractivity contribution in [3.8, 4) is 0 Å². The number of ketones is 2. The lowest BCUT2D eigenvalue weighted by Crippen LogP contribution is -2.25. The molecule has 0 heterocycles. The van der Waals surface area contributed by atoms with Crippen molar-refractivity contribution in [1.82, 2.24) is 4.90 Å². The molecule has 0 unspecified atom stereocenters. The van der Waals surface area contributed by atoms with E-state index in [1.165, 1.54) is 0 Å². The number of nitrogens with zero attached hydrogens (tertiary/aromatic N) is 1. The van der Waals surface area contributed by atoms with Crippen molar-refractivity contribution in [1.29, 1.82) is 0 Å². The molecule has 0 radical (unpaired) electrons. The second-order valence-corrected chi connectivity index (χ2v) is 4.13. The van der Waals surface area contributed by atoms with Crippen LogP contribution in [-0.4, -0.2) is 36.6 Å². The predicted molar refractivity (Wildman–Crippen MR) is 57.3 cm³/mol. The Morgan fingerprint density at radius 3 is 2.07 bits per heavy atom. The van der Waals surface area contributed by atoms with Crippen LogP contribution in [0.4, 0.5) is 0 Å². The van der Waals surface area contributed by atoms with Gasteiger partial charge in [0.1, 0.15) is 11.6 Å². The zero-order valence-electron chi connectivity index (χ0n) is 9.67. The Kier molecular flexibility index (Phi) is 6.37. The van der Waals surface area contributed by atoms with Gasteiger partial charge < -0.3 is 4.90 Å². The molecule has 0 atom stereocenters. The molecule has 0 saturated heterocycles. The molecule has 0 bridgehead atoms. The molecule has 0 aromatic heterocycles. The van der Waals surface area contributed by atoms with E-state index in [9.17, 15) is 9.59 Å². The van der Waals surface area contributed by atoms with Crippen molar-refractivity contribution in [2.24, 2.45) is 5.92 Å². The maximum Gasteiger partial charge on any atom is 0.136 e. The second kappa shape index (κ2) is 6.71. The van der Waals surface area contributed by atoms with Crippen molar-refractivity contribution < 1.29 is 9.59 Å². The number of hydrogen-bond acceptors (Lipinski definition) is 3. The third-order valence-electron chi connectivity index (χ3n) is 2.23. The third-order valence-corrected chi connectivity index (χ3v) is 2.23. The lowest BCUT2D eigenvalue weighted by molar-refractivity contribution is -0.122. The van der Waals surface area contributed by atoms with Gasteiger partial charge in [-0.15, -0.1) is 0 Å². The third kappa shape index (κ3) is 6.78. The Bertz CT molecular complexity index is 199. The predicted octanol–water partition coefficient (Wildman–Crippen LogP) is 1.51. The summed E-state index contributed by atoms with van der Waals surface area (Å²) in [4.78, 5) is 24.0. The lowest BCUT2D eigenvalue weighted by atomic mass is 10.1. The molecule has 3 heteroatoms. The summed E-state index contributed by atoms with van der Waals surface area (Å²) in [6, 6.07) is 0. The Hall–Kier alpha value is -0.700. The summed E-state index contributed by atoms with van der Waals surface area (Å²) in [5, 5.41) is 0. The van der Waals surface area contributed by atoms with Gasteiger partial charge in [-0.25, -0.2) is 0 Å². The topological polar surface area (TPSA) is 37.4 Å². The van der Waals surface area contributed by atoms with E-state index in [4.69, 9.17) is 0 Å². The lowest BCUT2D eigenvalue weighted by Gasteiger charge is -2.15. The normalized spacial score (nSPS) is 11.0. The fourth-order valence-electron chi connectivity index (χ4n) is 1.05. The zero-order chi connectivity index (χ0) is 11.1. The molecule has 14 heavy (non-hydrogen) atoms. The van der Waals surface area contributed by atoms with Crippen LogP contribution in [0.2, 0.25) is 0 Å². The molecule has 0 aliphatic rings. The standard InChI is InChI=1S/C11H21NO2/c1-9(2)11(14)6-8-12(4)7-5-10(3)13/h9H,5-8H2,1-4H3. The van der Waals surface area contributed by atoms with Crippen LogP contribution in [0.5, 0.6) is 0 Å². The van der Waals surface area contributed by atoms with Crippen molar-refractivity contribution in [3.05, 3.63) is 0 Å². The van der Waals surface area contributed by atoms with Crippen LogP contribution >= 0.6 is 0 Å². The summed E-state index contributed by atoms with van der Waals surface area (Å²) in [6.07, 6.45) is 1.17. The Morgan fingerprint density at radius 1 is 1.14 bits per heavy atom. The van der Waals surface area contributed by atoms with Gasteiger partial charge in [0.2, 0.25) is 0 Å². The Labute approximate surface area is 86.5 Å². The maximum atomic E-state index is 11.3. The van der Waals surface area contributed by atoms with E-state index in [1.54, 1.807) is 6.92 Å². The summed E-state index contributed by atoms with van der Waals surface area (Å²) in [5.41, 5.74) is 0. The van der Waals surface area contributed by atoms with Gasteiger partial charge in [-0.2, -0.15) is 0 Å². The molecular formula is C11H21NO2. The molecule has 0 aromatic rings. The summed E-state index contributed by atoms with van der Waals surface area (Å²) < 4.78 is 0. The van der Waals surface area contributed by atoms with Gasteiger partial charge in [0.15, 0.2) is 0 Å². The van der Waals surface area contributed by atoms with Crippen LogP contribution < -0.4 is 0 Å². The number of carbonyl (C=O) groups excluding carboxylic acids is 2. The summed E-state index contributed by atoms with van der Waals surface area (Å²) in [5.74, 6) is 0.614. The van der Waals surface area contributed by atoms with Crippen LogP contribution in [-0.2, 0) is 9.59 Å². The van der Waals surface area contributed by atoms with E-state index >= 15 is 0 Å². The number of hydrogen-bond donors (Lipinski definition) is 0. The van der Waals surface area contributed by atoms with E-state index in [1.807, 2.05) is 25.8 Å². The molecule has 0 aliphatic carbocycles. The fourth-order valence-corrected chi connectivity index (χ4v) is 1.05. The first-order valence-electron chi connectivity index (χ1n) is 5.14. The highest BCUT2D eigenvalue weighted by molar-refractivity contribution is 5.80. The molecule has 0 aromatic carbocycles. The van der Waals surface area contributed by atoms with E-state index in [-0.39, 0.29) is 11.7 Å². The van der Waals surface area contributed by atoms with Crippen LogP contribution in [0.3, 0.4) is 0 Å². The average Bonchev–Trinajstić information content (AvgIpc) is 2.10. The van der Waals surface area contributed by atoms with Gasteiger partial charge in [0.25, 0.3) is 0 Å². The van der Waals surface area contributed by atoms with E-state index in [0.29, 0.717) is 18.6 Å². The number of Topliss-reactive ketones (excluding diaryl/α,β-unsaturated/α-hetero) is 2. The molecule has 82 valence electrons. The molecule has 0 fully saturated rings. The molecule has 0 N–H and O–H groups in total. The molecule has 0 spiro atoms. The van der Waals surface area contributed by atoms with Crippen molar-refractivity contribution in [3.63, 3.8) is 0 Å². The molecule has 3 nitrogen and oxygen atoms in total. The fraction of sp³-hybridized carbons (Fsp3) is 0.818. The van der Waals surface area contributed by atoms with Crippen molar-refractivity contribution in [2.45, 2.75) is 33.6 Å². The van der Waals surface area contributed by atoms with E-state index < -0.39 is 0 Å². The highest BCUT2D eigenvalue weighted by atomic mass is 16.1. The van der Waals surface area contributed by atoms with Crippen LogP contribution in [0.1, 0.15) is 33.6 Å². The van der Waals surface area contributed by atoms with Gasteiger partial charge >= 0.3 is 0 Å². The summed E-state index contributed by atoms with van der Waals surface area (Å²) >= 11 is 0. The van der Waals surface area contributed by atoms with E-state index in [0.717, 1.165) is 13.1 Å². The summed E-state index contributed by atoms with van der Waals surface area (Å²) in [7, 11) is 1.94. The monoisotopic (exact) mass is 199 g/mol. The molecule has 0 amide bonds. The number of rotatable bonds is 7. The largest absolute Gasteiger partial charge is 0.305 e. The van der Waals surface area contributed by atoms with Gasteiger partial charge in [0.05, 0.1) is 0 Å². The molecule has 0 saturated carbocycles. The van der Waals surface area contributed by atoms with Crippen LogP contribution in [0.15, 0.2) is 0 Å². The molecular weight excluding hydrogens is 178 g/mol. The van der Waals surface area contributed by atoms with E-state index in [2.05, 4.69) is 0 Å². The van der Waals surface area contributed by atoms with Crippen molar-refractivity contribution >= 4 is 11.6 Å². The average molecular weight is 199 g/mol. The number of carbonyl (C=O) groups is 2. The van der Waals surface area contributed by atoms with Crippen LogP contribution in [0.25, 0.3) is 0 Å². The minimum atomic E-state index is 0.121. The second-order valence-electron chi connectivity index (χ2n) is 4.13. The first-order chi connectivity index (χ1) is 6.43. The Balaban J connectivity index is 3.58. The Morgan fingerprint density at radius 2 is 1.64 bits per heavy atom. The van der Waals surface area contributed by atoms with Gasteiger partial charge in [-0.3, -0.25) is 9.59 Å². The van der Waals surface area contributed by atoms with Crippen molar-refractivity contribution in [2.75, 3.05) is 20.1 Å². The van der Waals surface area contributed by atoms with Gasteiger partial charge in [-0.1, -0.05) is 13.8 Å². The highest BCUT2D eigenvalue weighted by Gasteiger charge is 2.08. The molecule has 0 rings (SSSR count). The molecule has 0 aliphatic heterocycles. The first kappa shape index (κ1) is 13.3. The van der Waals surface area contributed by atoms with Crippen LogP contribution in [0, 0.1) is 5.92 Å². The smallest absolute Gasteiger partial charge is 0.136 e. The zero-order valence-corrected chi connectivity index (χ0v) is 9.67. The minimum Gasteiger partial charge on any atom is -0.305 e. The quantitative estimate of drug-likeness (QED) is 0.623. The SMILES string of the molecule is CC(=O)CCN(C)CCC(=O)C(C)C. The van der Waals surface area contributed by atoms with Gasteiger partial charge in [0, 0.05) is 31.8 Å². The van der Waals surface area contributed by atoms with Gasteiger partial charge in [-0.05, 0) is 14.0 Å². The first-order valence-corrected chi connectivity index (χ1v) is 5.14. The summed E-state index contributed by atoms with van der Waals surface area (Å²) in [6.45, 7) is 6.92. The highest BCUT2D eigenvalue weighted by Crippen LogP contribution is 2.00. The minimum absolute atomic E-state index is 0.121.